The average Bonchev–Trinajstić information content (AvgIpc) is 2.84. The topological polar surface area (TPSA) is 21.3 Å². The first kappa shape index (κ1) is 14.0. The lowest BCUT2D eigenvalue weighted by Gasteiger charge is -2.36. The number of benzene rings is 1. The third kappa shape index (κ3) is 2.46. The molecular formula is C14H19BrFNO. The van der Waals surface area contributed by atoms with Crippen LogP contribution in [0.4, 0.5) is 4.39 Å². The molecule has 1 unspecified atom stereocenters. The summed E-state index contributed by atoms with van der Waals surface area (Å²) >= 11 is 3.41. The molecule has 0 amide bonds. The number of likely N-dealkylation sites (N-methyl/N-ethyl adjacent to an activating group) is 1. The summed E-state index contributed by atoms with van der Waals surface area (Å²) in [5.74, 6) is -0.180. The second kappa shape index (κ2) is 5.68. The van der Waals surface area contributed by atoms with Gasteiger partial charge in [-0.15, -0.1) is 0 Å². The maximum absolute atomic E-state index is 14.1. The summed E-state index contributed by atoms with van der Waals surface area (Å²) in [6.07, 6.45) is 4.23. The predicted molar refractivity (Wildman–Crippen MR) is 74.1 cm³/mol. The molecule has 4 heteroatoms. The van der Waals surface area contributed by atoms with Crippen LogP contribution in [0, 0.1) is 5.82 Å². The molecule has 0 aliphatic heterocycles. The Labute approximate surface area is 116 Å². The minimum Gasteiger partial charge on any atom is -0.376 e. The van der Waals surface area contributed by atoms with E-state index in [0.29, 0.717) is 5.56 Å². The third-order valence-corrected chi connectivity index (χ3v) is 4.43. The number of halogens is 2. The largest absolute Gasteiger partial charge is 0.376 e. The second-order valence-corrected chi connectivity index (χ2v) is 5.78. The van der Waals surface area contributed by atoms with Crippen LogP contribution in [0.2, 0.25) is 0 Å². The van der Waals surface area contributed by atoms with Crippen molar-refractivity contribution in [1.82, 2.24) is 5.32 Å². The molecule has 1 fully saturated rings. The number of hydrogen-bond donors (Lipinski definition) is 1. The molecule has 0 heterocycles. The van der Waals surface area contributed by atoms with E-state index in [1.165, 1.54) is 6.07 Å². The summed E-state index contributed by atoms with van der Waals surface area (Å²) < 4.78 is 20.7. The van der Waals surface area contributed by atoms with Crippen molar-refractivity contribution in [2.45, 2.75) is 37.3 Å². The van der Waals surface area contributed by atoms with E-state index in [2.05, 4.69) is 21.2 Å². The van der Waals surface area contributed by atoms with Gasteiger partial charge in [0, 0.05) is 17.1 Å². The van der Waals surface area contributed by atoms with Crippen molar-refractivity contribution in [3.8, 4) is 0 Å². The summed E-state index contributed by atoms with van der Waals surface area (Å²) in [4.78, 5) is 0. The quantitative estimate of drug-likeness (QED) is 0.912. The molecule has 0 aromatic heterocycles. The van der Waals surface area contributed by atoms with E-state index < -0.39 is 0 Å². The smallest absolute Gasteiger partial charge is 0.128 e. The van der Waals surface area contributed by atoms with Gasteiger partial charge in [0.15, 0.2) is 0 Å². The first-order valence-corrected chi connectivity index (χ1v) is 7.09. The highest BCUT2D eigenvalue weighted by Gasteiger charge is 2.42. The molecule has 2 rings (SSSR count). The van der Waals surface area contributed by atoms with E-state index >= 15 is 0 Å². The molecule has 1 aromatic carbocycles. The Balaban J connectivity index is 2.40. The molecular weight excluding hydrogens is 297 g/mol. The van der Waals surface area contributed by atoms with Gasteiger partial charge in [-0.25, -0.2) is 4.39 Å². The molecule has 0 radical (unpaired) electrons. The van der Waals surface area contributed by atoms with Gasteiger partial charge in [-0.2, -0.15) is 0 Å². The Hall–Kier alpha value is -0.450. The van der Waals surface area contributed by atoms with E-state index in [1.54, 1.807) is 13.2 Å². The van der Waals surface area contributed by atoms with Crippen molar-refractivity contribution >= 4 is 15.9 Å². The molecule has 0 saturated heterocycles. The fraction of sp³-hybridized carbons (Fsp3) is 0.571. The lowest BCUT2D eigenvalue weighted by atomic mass is 9.86. The third-order valence-electron chi connectivity index (χ3n) is 3.94. The number of ether oxygens (including phenoxy) is 1. The van der Waals surface area contributed by atoms with Crippen LogP contribution in [0.1, 0.15) is 37.3 Å². The number of hydrogen-bond acceptors (Lipinski definition) is 2. The second-order valence-electron chi connectivity index (χ2n) is 4.86. The Kier molecular flexibility index (Phi) is 4.41. The monoisotopic (exact) mass is 315 g/mol. The van der Waals surface area contributed by atoms with Crippen molar-refractivity contribution in [2.75, 3.05) is 14.2 Å². The molecule has 1 atom stereocenters. The molecule has 1 aliphatic rings. The first-order chi connectivity index (χ1) is 8.63. The molecule has 1 aliphatic carbocycles. The molecule has 1 saturated carbocycles. The van der Waals surface area contributed by atoms with E-state index in [1.807, 2.05) is 13.1 Å². The van der Waals surface area contributed by atoms with Crippen molar-refractivity contribution < 1.29 is 9.13 Å². The van der Waals surface area contributed by atoms with Crippen LogP contribution in [0.3, 0.4) is 0 Å². The Morgan fingerprint density at radius 2 is 2.06 bits per heavy atom. The SMILES string of the molecule is CNC(c1cc(Br)ccc1F)C1(OC)CCCC1. The lowest BCUT2D eigenvalue weighted by Crippen LogP contribution is -2.42. The molecule has 1 aromatic rings. The minimum atomic E-state index is -0.281. The maximum Gasteiger partial charge on any atom is 0.128 e. The van der Waals surface area contributed by atoms with Gasteiger partial charge in [0.1, 0.15) is 5.82 Å². The van der Waals surface area contributed by atoms with Gasteiger partial charge >= 0.3 is 0 Å². The predicted octanol–water partition coefficient (Wildman–Crippen LogP) is 3.81. The maximum atomic E-state index is 14.1. The van der Waals surface area contributed by atoms with E-state index in [0.717, 1.165) is 30.2 Å². The number of rotatable bonds is 4. The fourth-order valence-corrected chi connectivity index (χ4v) is 3.40. The number of methoxy groups -OCH3 is 1. The molecule has 0 bridgehead atoms. The van der Waals surface area contributed by atoms with Crippen molar-refractivity contribution in [1.29, 1.82) is 0 Å². The van der Waals surface area contributed by atoms with E-state index in [-0.39, 0.29) is 17.5 Å². The number of nitrogens with one attached hydrogen (secondary N) is 1. The highest BCUT2D eigenvalue weighted by Crippen LogP contribution is 2.43. The molecule has 1 N–H and O–H groups in total. The van der Waals surface area contributed by atoms with Gasteiger partial charge in [-0.3, -0.25) is 0 Å². The van der Waals surface area contributed by atoms with Crippen molar-refractivity contribution in [3.05, 3.63) is 34.1 Å². The fourth-order valence-electron chi connectivity index (χ4n) is 3.02. The average molecular weight is 316 g/mol. The van der Waals surface area contributed by atoms with Gasteiger partial charge in [-0.1, -0.05) is 28.8 Å². The Morgan fingerprint density at radius 3 is 2.61 bits per heavy atom. The van der Waals surface area contributed by atoms with Gasteiger partial charge in [-0.05, 0) is 38.1 Å². The van der Waals surface area contributed by atoms with Crippen molar-refractivity contribution in [3.63, 3.8) is 0 Å². The van der Waals surface area contributed by atoms with Crippen LogP contribution >= 0.6 is 15.9 Å². The summed E-state index contributed by atoms with van der Waals surface area (Å²) in [6, 6.07) is 4.96. The molecule has 100 valence electrons. The lowest BCUT2D eigenvalue weighted by molar-refractivity contribution is -0.0357. The van der Waals surface area contributed by atoms with Gasteiger partial charge in [0.05, 0.1) is 11.6 Å². The Bertz CT molecular complexity index is 418. The van der Waals surface area contributed by atoms with Crippen LogP contribution in [0.15, 0.2) is 22.7 Å². The van der Waals surface area contributed by atoms with Gasteiger partial charge < -0.3 is 10.1 Å². The molecule has 0 spiro atoms. The summed E-state index contributed by atoms with van der Waals surface area (Å²) in [7, 11) is 3.59. The van der Waals surface area contributed by atoms with Crippen LogP contribution in [-0.2, 0) is 4.74 Å². The highest BCUT2D eigenvalue weighted by atomic mass is 79.9. The first-order valence-electron chi connectivity index (χ1n) is 6.30. The Morgan fingerprint density at radius 1 is 1.39 bits per heavy atom. The zero-order chi connectivity index (χ0) is 13.2. The van der Waals surface area contributed by atoms with Crippen LogP contribution in [-0.4, -0.2) is 19.8 Å². The molecule has 18 heavy (non-hydrogen) atoms. The zero-order valence-corrected chi connectivity index (χ0v) is 12.4. The minimum absolute atomic E-state index is 0.109. The highest BCUT2D eigenvalue weighted by molar-refractivity contribution is 9.10. The summed E-state index contributed by atoms with van der Waals surface area (Å²) in [5, 5.41) is 3.23. The van der Waals surface area contributed by atoms with Crippen LogP contribution in [0.5, 0.6) is 0 Å². The van der Waals surface area contributed by atoms with Crippen LogP contribution in [0.25, 0.3) is 0 Å². The van der Waals surface area contributed by atoms with E-state index in [9.17, 15) is 4.39 Å². The standard InChI is InChI=1S/C14H19BrFNO/c1-17-13(14(18-2)7-3-4-8-14)11-9-10(15)5-6-12(11)16/h5-6,9,13,17H,3-4,7-8H2,1-2H3. The normalized spacial score (nSPS) is 20.0. The summed E-state index contributed by atoms with van der Waals surface area (Å²) in [6.45, 7) is 0. The van der Waals surface area contributed by atoms with Gasteiger partial charge in [0.2, 0.25) is 0 Å². The van der Waals surface area contributed by atoms with Crippen molar-refractivity contribution in [2.24, 2.45) is 0 Å². The zero-order valence-electron chi connectivity index (χ0n) is 10.8. The summed E-state index contributed by atoms with van der Waals surface area (Å²) in [5.41, 5.74) is 0.395. The van der Waals surface area contributed by atoms with Crippen LogP contribution < -0.4 is 5.32 Å². The van der Waals surface area contributed by atoms with E-state index in [4.69, 9.17) is 4.74 Å². The molecule has 2 nitrogen and oxygen atoms in total. The van der Waals surface area contributed by atoms with Gasteiger partial charge in [0.25, 0.3) is 0 Å².